The molecule has 1 rings (SSSR count). The van der Waals surface area contributed by atoms with Crippen molar-refractivity contribution in [2.24, 2.45) is 5.92 Å². The number of carbonyl (C=O) groups is 2. The van der Waals surface area contributed by atoms with Crippen molar-refractivity contribution in [2.75, 3.05) is 13.6 Å². The molecule has 0 heterocycles. The van der Waals surface area contributed by atoms with Gasteiger partial charge < -0.3 is 14.7 Å². The van der Waals surface area contributed by atoms with Gasteiger partial charge in [0.05, 0.1) is 5.92 Å². The number of ether oxygens (including phenoxy) is 1. The first-order chi connectivity index (χ1) is 9.60. The van der Waals surface area contributed by atoms with Crippen LogP contribution in [0.1, 0.15) is 17.3 Å². The number of carboxylic acids is 1. The summed E-state index contributed by atoms with van der Waals surface area (Å²) in [7, 11) is 1.42. The van der Waals surface area contributed by atoms with Gasteiger partial charge in [-0.15, -0.1) is 13.2 Å². The minimum Gasteiger partial charge on any atom is -0.481 e. The summed E-state index contributed by atoms with van der Waals surface area (Å²) in [6.07, 6.45) is -4.79. The maximum absolute atomic E-state index is 12.0. The van der Waals surface area contributed by atoms with Gasteiger partial charge in [-0.2, -0.15) is 0 Å². The molecule has 0 bridgehead atoms. The lowest BCUT2D eigenvalue weighted by atomic mass is 10.1. The Labute approximate surface area is 118 Å². The van der Waals surface area contributed by atoms with E-state index in [0.29, 0.717) is 0 Å². The molecule has 8 heteroatoms. The van der Waals surface area contributed by atoms with E-state index in [1.165, 1.54) is 31.0 Å². The quantitative estimate of drug-likeness (QED) is 0.907. The fraction of sp³-hybridized carbons (Fsp3) is 0.385. The highest BCUT2D eigenvalue weighted by Crippen LogP contribution is 2.23. The van der Waals surface area contributed by atoms with Crippen LogP contribution in [0.5, 0.6) is 5.75 Å². The fourth-order valence-corrected chi connectivity index (χ4v) is 1.59. The van der Waals surface area contributed by atoms with E-state index < -0.39 is 29.9 Å². The molecular weight excluding hydrogens is 291 g/mol. The molecule has 1 atom stereocenters. The monoisotopic (exact) mass is 305 g/mol. The number of hydrogen-bond acceptors (Lipinski definition) is 3. The van der Waals surface area contributed by atoms with Crippen molar-refractivity contribution in [1.82, 2.24) is 4.90 Å². The third-order valence-corrected chi connectivity index (χ3v) is 2.65. The Balaban J connectivity index is 2.73. The molecule has 1 aromatic rings. The molecule has 0 aliphatic rings. The van der Waals surface area contributed by atoms with Crippen LogP contribution in [0.3, 0.4) is 0 Å². The Kier molecular flexibility index (Phi) is 5.17. The van der Waals surface area contributed by atoms with Crippen molar-refractivity contribution in [1.29, 1.82) is 0 Å². The summed E-state index contributed by atoms with van der Waals surface area (Å²) in [6.45, 7) is 1.45. The molecule has 5 nitrogen and oxygen atoms in total. The van der Waals surface area contributed by atoms with E-state index in [1.807, 2.05) is 0 Å². The zero-order valence-corrected chi connectivity index (χ0v) is 11.3. The predicted octanol–water partition coefficient (Wildman–Crippen LogP) is 2.38. The van der Waals surface area contributed by atoms with Crippen molar-refractivity contribution in [3.63, 3.8) is 0 Å². The van der Waals surface area contributed by atoms with Gasteiger partial charge in [-0.1, -0.05) is 6.92 Å². The second-order valence-electron chi connectivity index (χ2n) is 4.50. The largest absolute Gasteiger partial charge is 0.573 e. The second kappa shape index (κ2) is 6.47. The maximum atomic E-state index is 12.0. The average molecular weight is 305 g/mol. The second-order valence-corrected chi connectivity index (χ2v) is 4.50. The molecule has 1 N–H and O–H groups in total. The molecule has 1 aromatic carbocycles. The minimum absolute atomic E-state index is 0.00499. The summed E-state index contributed by atoms with van der Waals surface area (Å²) in [6, 6.07) is 4.42. The van der Waals surface area contributed by atoms with Crippen LogP contribution in [-0.4, -0.2) is 41.8 Å². The Morgan fingerprint density at radius 2 is 1.81 bits per heavy atom. The first-order valence-electron chi connectivity index (χ1n) is 5.94. The number of amides is 1. The summed E-state index contributed by atoms with van der Waals surface area (Å²) in [5.74, 6) is -2.70. The fourth-order valence-electron chi connectivity index (χ4n) is 1.59. The molecule has 0 aromatic heterocycles. The summed E-state index contributed by atoms with van der Waals surface area (Å²) in [4.78, 5) is 23.9. The molecule has 0 saturated heterocycles. The van der Waals surface area contributed by atoms with Crippen molar-refractivity contribution >= 4 is 11.9 Å². The number of halogens is 3. The molecule has 0 radical (unpaired) electrons. The summed E-state index contributed by atoms with van der Waals surface area (Å²) < 4.78 is 39.7. The predicted molar refractivity (Wildman–Crippen MR) is 66.9 cm³/mol. The Morgan fingerprint density at radius 1 is 1.29 bits per heavy atom. The summed E-state index contributed by atoms with van der Waals surface area (Å²) >= 11 is 0. The van der Waals surface area contributed by atoms with E-state index in [9.17, 15) is 22.8 Å². The number of carbonyl (C=O) groups excluding carboxylic acids is 1. The van der Waals surface area contributed by atoms with Crippen LogP contribution in [0.2, 0.25) is 0 Å². The van der Waals surface area contributed by atoms with Crippen LogP contribution < -0.4 is 4.74 Å². The lowest BCUT2D eigenvalue weighted by Gasteiger charge is -2.19. The zero-order chi connectivity index (χ0) is 16.2. The highest BCUT2D eigenvalue weighted by molar-refractivity contribution is 5.94. The van der Waals surface area contributed by atoms with Gasteiger partial charge in [-0.3, -0.25) is 9.59 Å². The van der Waals surface area contributed by atoms with E-state index in [0.717, 1.165) is 12.1 Å². The van der Waals surface area contributed by atoms with Gasteiger partial charge in [0.25, 0.3) is 5.91 Å². The van der Waals surface area contributed by atoms with Gasteiger partial charge in [0, 0.05) is 19.2 Å². The number of benzene rings is 1. The van der Waals surface area contributed by atoms with Gasteiger partial charge in [0.1, 0.15) is 5.75 Å². The number of alkyl halides is 3. The normalized spacial score (nSPS) is 12.6. The van der Waals surface area contributed by atoms with Crippen molar-refractivity contribution in [3.05, 3.63) is 29.8 Å². The van der Waals surface area contributed by atoms with Gasteiger partial charge in [0.15, 0.2) is 0 Å². The van der Waals surface area contributed by atoms with Gasteiger partial charge in [-0.25, -0.2) is 0 Å². The van der Waals surface area contributed by atoms with E-state index in [4.69, 9.17) is 5.11 Å². The third-order valence-electron chi connectivity index (χ3n) is 2.65. The third kappa shape index (κ3) is 5.33. The lowest BCUT2D eigenvalue weighted by molar-refractivity contribution is -0.274. The number of carboxylic acid groups (broad SMARTS) is 1. The average Bonchev–Trinajstić information content (AvgIpc) is 2.36. The Hall–Kier alpha value is -2.25. The van der Waals surface area contributed by atoms with Gasteiger partial charge >= 0.3 is 12.3 Å². The Bertz CT molecular complexity index is 513. The van der Waals surface area contributed by atoms with E-state index >= 15 is 0 Å². The first-order valence-corrected chi connectivity index (χ1v) is 5.94. The van der Waals surface area contributed by atoms with Crippen molar-refractivity contribution in [3.8, 4) is 5.75 Å². The molecular formula is C13H14F3NO4. The summed E-state index contributed by atoms with van der Waals surface area (Å²) in [5, 5.41) is 8.77. The van der Waals surface area contributed by atoms with Crippen LogP contribution in [0, 0.1) is 5.92 Å². The van der Waals surface area contributed by atoms with Crippen LogP contribution in [0.25, 0.3) is 0 Å². The van der Waals surface area contributed by atoms with Gasteiger partial charge in [0.2, 0.25) is 0 Å². The smallest absolute Gasteiger partial charge is 0.481 e. The number of rotatable bonds is 5. The lowest BCUT2D eigenvalue weighted by Crippen LogP contribution is -2.33. The van der Waals surface area contributed by atoms with Crippen LogP contribution >= 0.6 is 0 Å². The molecule has 1 amide bonds. The Morgan fingerprint density at radius 3 is 2.24 bits per heavy atom. The molecule has 0 spiro atoms. The van der Waals surface area contributed by atoms with Crippen LogP contribution in [0.15, 0.2) is 24.3 Å². The van der Waals surface area contributed by atoms with Crippen molar-refractivity contribution in [2.45, 2.75) is 13.3 Å². The van der Waals surface area contributed by atoms with E-state index in [-0.39, 0.29) is 12.1 Å². The van der Waals surface area contributed by atoms with Crippen LogP contribution in [-0.2, 0) is 4.79 Å². The molecule has 1 unspecified atom stereocenters. The number of nitrogens with zero attached hydrogens (tertiary/aromatic N) is 1. The van der Waals surface area contributed by atoms with Gasteiger partial charge in [-0.05, 0) is 24.3 Å². The molecule has 0 saturated carbocycles. The molecule has 116 valence electrons. The zero-order valence-electron chi connectivity index (χ0n) is 11.3. The van der Waals surface area contributed by atoms with Crippen molar-refractivity contribution < 1.29 is 32.6 Å². The van der Waals surface area contributed by atoms with Crippen LogP contribution in [0.4, 0.5) is 13.2 Å². The molecule has 21 heavy (non-hydrogen) atoms. The minimum atomic E-state index is -4.79. The number of aliphatic carboxylic acids is 1. The molecule has 0 aliphatic carbocycles. The van der Waals surface area contributed by atoms with E-state index in [2.05, 4.69) is 4.74 Å². The highest BCUT2D eigenvalue weighted by atomic mass is 19.4. The first kappa shape index (κ1) is 16.8. The molecule has 0 fully saturated rings. The molecule has 0 aliphatic heterocycles. The standard InChI is InChI=1S/C13H14F3NO4/c1-8(12(19)20)7-17(2)11(18)9-3-5-10(6-4-9)21-13(14,15)16/h3-6,8H,7H2,1-2H3,(H,19,20). The number of hydrogen-bond donors (Lipinski definition) is 1. The topological polar surface area (TPSA) is 66.8 Å². The highest BCUT2D eigenvalue weighted by Gasteiger charge is 2.31. The maximum Gasteiger partial charge on any atom is 0.573 e. The summed E-state index contributed by atoms with van der Waals surface area (Å²) in [5.41, 5.74) is 0.143. The van der Waals surface area contributed by atoms with E-state index in [1.54, 1.807) is 0 Å². The SMILES string of the molecule is CC(CN(C)C(=O)c1ccc(OC(F)(F)F)cc1)C(=O)O.